The second kappa shape index (κ2) is 7.97. The molecule has 2 rings (SSSR count). The first-order valence-electron chi connectivity index (χ1n) is 8.51. The van der Waals surface area contributed by atoms with Crippen LogP contribution in [0.25, 0.3) is 0 Å². The molecule has 0 bridgehead atoms. The molecule has 2 aromatic rings. The quantitative estimate of drug-likeness (QED) is 0.902. The molecule has 4 heteroatoms. The van der Waals surface area contributed by atoms with Crippen molar-refractivity contribution in [2.75, 3.05) is 18.0 Å². The smallest absolute Gasteiger partial charge is 0.251 e. The third-order valence-corrected chi connectivity index (χ3v) is 4.08. The van der Waals surface area contributed by atoms with Crippen LogP contribution in [0.1, 0.15) is 43.6 Å². The predicted molar refractivity (Wildman–Crippen MR) is 102 cm³/mol. The van der Waals surface area contributed by atoms with E-state index in [-0.39, 0.29) is 17.2 Å². The third-order valence-electron chi connectivity index (χ3n) is 4.08. The molecule has 0 fully saturated rings. The number of amides is 2. The van der Waals surface area contributed by atoms with Crippen LogP contribution >= 0.6 is 0 Å². The number of carbonyl (C=O) groups is 2. The molecule has 0 unspecified atom stereocenters. The van der Waals surface area contributed by atoms with Crippen LogP contribution in [0.5, 0.6) is 0 Å². The minimum Gasteiger partial charge on any atom is -0.350 e. The zero-order chi connectivity index (χ0) is 18.4. The molecule has 0 aliphatic heterocycles. The Morgan fingerprint density at radius 2 is 1.56 bits per heavy atom. The van der Waals surface area contributed by atoms with Gasteiger partial charge in [-0.25, -0.2) is 0 Å². The number of carbonyl (C=O) groups excluding carboxylic acids is 2. The zero-order valence-electron chi connectivity index (χ0n) is 15.4. The summed E-state index contributed by atoms with van der Waals surface area (Å²) in [7, 11) is 0. The second-order valence-electron chi connectivity index (χ2n) is 7.09. The van der Waals surface area contributed by atoms with E-state index in [9.17, 15) is 9.59 Å². The van der Waals surface area contributed by atoms with Crippen molar-refractivity contribution >= 4 is 17.5 Å². The molecule has 0 heterocycles. The first-order valence-corrected chi connectivity index (χ1v) is 8.51. The average Bonchev–Trinajstić information content (AvgIpc) is 2.58. The maximum absolute atomic E-state index is 12.3. The minimum absolute atomic E-state index is 0.0463. The lowest BCUT2D eigenvalue weighted by Gasteiger charge is -2.21. The molecule has 0 aliphatic carbocycles. The van der Waals surface area contributed by atoms with E-state index in [0.717, 1.165) is 5.69 Å². The van der Waals surface area contributed by atoms with Crippen LogP contribution in [-0.4, -0.2) is 24.9 Å². The molecule has 2 amide bonds. The topological polar surface area (TPSA) is 49.4 Å². The Kier molecular flexibility index (Phi) is 5.97. The largest absolute Gasteiger partial charge is 0.350 e. The Morgan fingerprint density at radius 3 is 2.08 bits per heavy atom. The molecule has 1 N–H and O–H groups in total. The maximum Gasteiger partial charge on any atom is 0.251 e. The van der Waals surface area contributed by atoms with Crippen molar-refractivity contribution in [3.8, 4) is 0 Å². The molecule has 0 atom stereocenters. The molecule has 0 saturated heterocycles. The van der Waals surface area contributed by atoms with Crippen molar-refractivity contribution in [2.45, 2.75) is 33.1 Å². The summed E-state index contributed by atoms with van der Waals surface area (Å²) < 4.78 is 0. The van der Waals surface area contributed by atoms with Crippen LogP contribution in [0.2, 0.25) is 0 Å². The highest BCUT2D eigenvalue weighted by Gasteiger charge is 2.15. The molecule has 0 saturated carbocycles. The van der Waals surface area contributed by atoms with Gasteiger partial charge in [-0.2, -0.15) is 0 Å². The van der Waals surface area contributed by atoms with E-state index in [0.29, 0.717) is 18.7 Å². The fourth-order valence-corrected chi connectivity index (χ4v) is 2.58. The summed E-state index contributed by atoms with van der Waals surface area (Å²) in [6.45, 7) is 8.78. The second-order valence-corrected chi connectivity index (χ2v) is 7.09. The van der Waals surface area contributed by atoms with Gasteiger partial charge in [0.2, 0.25) is 5.91 Å². The molecule has 0 radical (unpaired) electrons. The lowest BCUT2D eigenvalue weighted by Crippen LogP contribution is -2.37. The van der Waals surface area contributed by atoms with Crippen molar-refractivity contribution in [1.29, 1.82) is 0 Å². The van der Waals surface area contributed by atoms with E-state index in [1.807, 2.05) is 54.6 Å². The number of nitrogens with one attached hydrogen (secondary N) is 1. The summed E-state index contributed by atoms with van der Waals surface area (Å²) in [6, 6.07) is 17.1. The Hall–Kier alpha value is -2.62. The van der Waals surface area contributed by atoms with E-state index >= 15 is 0 Å². The van der Waals surface area contributed by atoms with Gasteiger partial charge in [0.15, 0.2) is 0 Å². The van der Waals surface area contributed by atoms with Crippen LogP contribution in [0.4, 0.5) is 5.69 Å². The molecular formula is C21H26N2O2. The molecule has 25 heavy (non-hydrogen) atoms. The van der Waals surface area contributed by atoms with Gasteiger partial charge in [-0.3, -0.25) is 9.59 Å². The lowest BCUT2D eigenvalue weighted by molar-refractivity contribution is -0.116. The van der Waals surface area contributed by atoms with E-state index in [4.69, 9.17) is 0 Å². The van der Waals surface area contributed by atoms with E-state index in [2.05, 4.69) is 26.1 Å². The molecule has 4 nitrogen and oxygen atoms in total. The lowest BCUT2D eigenvalue weighted by atomic mass is 9.87. The zero-order valence-corrected chi connectivity index (χ0v) is 15.4. The van der Waals surface area contributed by atoms with E-state index in [1.54, 1.807) is 4.90 Å². The van der Waals surface area contributed by atoms with Crippen LogP contribution in [0, 0.1) is 0 Å². The molecular weight excluding hydrogens is 312 g/mol. The molecule has 0 spiro atoms. The average molecular weight is 338 g/mol. The monoisotopic (exact) mass is 338 g/mol. The van der Waals surface area contributed by atoms with Crippen molar-refractivity contribution in [3.63, 3.8) is 0 Å². The number of nitrogens with zero attached hydrogens (tertiary/aromatic N) is 1. The normalized spacial score (nSPS) is 11.0. The number of rotatable bonds is 5. The SMILES string of the molecule is CC(=O)N(CCNC(=O)c1ccc(C(C)(C)C)cc1)c1ccccc1. The van der Waals surface area contributed by atoms with Crippen molar-refractivity contribution in [3.05, 3.63) is 65.7 Å². The first-order chi connectivity index (χ1) is 11.8. The summed E-state index contributed by atoms with van der Waals surface area (Å²) in [4.78, 5) is 25.8. The van der Waals surface area contributed by atoms with Crippen molar-refractivity contribution < 1.29 is 9.59 Å². The Balaban J connectivity index is 1.94. The van der Waals surface area contributed by atoms with Gasteiger partial charge in [0.25, 0.3) is 5.91 Å². The Labute approximate surface area is 149 Å². The third kappa shape index (κ3) is 5.18. The van der Waals surface area contributed by atoms with Gasteiger partial charge in [-0.15, -0.1) is 0 Å². The summed E-state index contributed by atoms with van der Waals surface area (Å²) in [6.07, 6.45) is 0. The number of hydrogen-bond donors (Lipinski definition) is 1. The summed E-state index contributed by atoms with van der Waals surface area (Å²) in [5.41, 5.74) is 2.71. The van der Waals surface area contributed by atoms with Crippen molar-refractivity contribution in [1.82, 2.24) is 5.32 Å². The predicted octanol–water partition coefficient (Wildman–Crippen LogP) is 3.77. The Bertz CT molecular complexity index is 716. The fraction of sp³-hybridized carbons (Fsp3) is 0.333. The summed E-state index contributed by atoms with van der Waals surface area (Å²) in [5, 5.41) is 2.88. The molecule has 0 aromatic heterocycles. The highest BCUT2D eigenvalue weighted by atomic mass is 16.2. The number of anilines is 1. The Morgan fingerprint density at radius 1 is 0.960 bits per heavy atom. The van der Waals surface area contributed by atoms with Gasteiger partial charge in [0, 0.05) is 31.3 Å². The van der Waals surface area contributed by atoms with Crippen LogP contribution in [0.15, 0.2) is 54.6 Å². The summed E-state index contributed by atoms with van der Waals surface area (Å²) in [5.74, 6) is -0.174. The highest BCUT2D eigenvalue weighted by molar-refractivity contribution is 5.94. The number of benzene rings is 2. The van der Waals surface area contributed by atoms with Gasteiger partial charge in [0.1, 0.15) is 0 Å². The van der Waals surface area contributed by atoms with Gasteiger partial charge in [-0.05, 0) is 35.2 Å². The molecule has 2 aromatic carbocycles. The van der Waals surface area contributed by atoms with Gasteiger partial charge in [-0.1, -0.05) is 51.1 Å². The molecule has 0 aliphatic rings. The van der Waals surface area contributed by atoms with Gasteiger partial charge < -0.3 is 10.2 Å². The van der Waals surface area contributed by atoms with Crippen LogP contribution in [-0.2, 0) is 10.2 Å². The maximum atomic E-state index is 12.3. The number of para-hydroxylation sites is 1. The minimum atomic E-state index is -0.128. The van der Waals surface area contributed by atoms with E-state index < -0.39 is 0 Å². The van der Waals surface area contributed by atoms with Gasteiger partial charge in [0.05, 0.1) is 0 Å². The highest BCUT2D eigenvalue weighted by Crippen LogP contribution is 2.22. The fourth-order valence-electron chi connectivity index (χ4n) is 2.58. The van der Waals surface area contributed by atoms with Crippen molar-refractivity contribution in [2.24, 2.45) is 0 Å². The first kappa shape index (κ1) is 18.7. The standard InChI is InChI=1S/C21H26N2O2/c1-16(24)23(19-8-6-5-7-9-19)15-14-22-20(25)17-10-12-18(13-11-17)21(2,3)4/h5-13H,14-15H2,1-4H3,(H,22,25). The van der Waals surface area contributed by atoms with Crippen LogP contribution in [0.3, 0.4) is 0 Å². The van der Waals surface area contributed by atoms with Gasteiger partial charge >= 0.3 is 0 Å². The van der Waals surface area contributed by atoms with E-state index in [1.165, 1.54) is 12.5 Å². The summed E-state index contributed by atoms with van der Waals surface area (Å²) >= 11 is 0. The molecule has 132 valence electrons. The number of hydrogen-bond acceptors (Lipinski definition) is 2. The van der Waals surface area contributed by atoms with Crippen LogP contribution < -0.4 is 10.2 Å².